The van der Waals surface area contributed by atoms with Crippen molar-refractivity contribution in [2.45, 2.75) is 13.3 Å². The van der Waals surface area contributed by atoms with E-state index in [1.165, 1.54) is 23.5 Å². The molecule has 0 aliphatic carbocycles. The van der Waals surface area contributed by atoms with Gasteiger partial charge in [0.15, 0.2) is 0 Å². The molecule has 2 aromatic rings. The fraction of sp³-hybridized carbons (Fsp3) is 0.273. The molecule has 0 spiro atoms. The molecule has 0 amide bonds. The molecule has 1 N–H and O–H groups in total. The van der Waals surface area contributed by atoms with Crippen LogP contribution in [0.3, 0.4) is 0 Å². The molecular weight excluding hydrogens is 252 g/mol. The summed E-state index contributed by atoms with van der Waals surface area (Å²) < 4.78 is 0. The Morgan fingerprint density at radius 1 is 1.33 bits per heavy atom. The molecule has 0 radical (unpaired) electrons. The number of nitrogens with zero attached hydrogens (tertiary/aromatic N) is 3. The second-order valence-corrected chi connectivity index (χ2v) is 4.91. The zero-order valence-corrected chi connectivity index (χ0v) is 10.6. The van der Waals surface area contributed by atoms with Crippen molar-refractivity contribution >= 4 is 22.2 Å². The lowest BCUT2D eigenvalue weighted by atomic mass is 10.1. The Morgan fingerprint density at radius 3 is 2.61 bits per heavy atom. The van der Waals surface area contributed by atoms with Gasteiger partial charge in [-0.05, 0) is 18.9 Å². The van der Waals surface area contributed by atoms with Gasteiger partial charge in [-0.2, -0.15) is 0 Å². The van der Waals surface area contributed by atoms with Crippen LogP contribution in [0.25, 0.3) is 0 Å². The largest absolute Gasteiger partial charge is 0.360 e. The molecule has 0 atom stereocenters. The van der Waals surface area contributed by atoms with Crippen molar-refractivity contribution in [3.63, 3.8) is 0 Å². The van der Waals surface area contributed by atoms with Crippen LogP contribution in [0.2, 0.25) is 0 Å². The number of nitrogens with one attached hydrogen (secondary N) is 1. The molecule has 94 valence electrons. The van der Waals surface area contributed by atoms with Crippen molar-refractivity contribution < 1.29 is 4.92 Å². The molecule has 1 aromatic carbocycles. The van der Waals surface area contributed by atoms with Crippen molar-refractivity contribution in [2.24, 2.45) is 0 Å². The SMILES string of the molecule is Cc1nnc(NCCc2ccc([N+](=O)[O-])cc2)s1. The Hall–Kier alpha value is -2.02. The third-order valence-corrected chi connectivity index (χ3v) is 3.16. The van der Waals surface area contributed by atoms with Gasteiger partial charge < -0.3 is 5.32 Å². The average Bonchev–Trinajstić information content (AvgIpc) is 2.76. The van der Waals surface area contributed by atoms with Crippen LogP contribution in [0, 0.1) is 17.0 Å². The fourth-order valence-corrected chi connectivity index (χ4v) is 2.08. The minimum absolute atomic E-state index is 0.117. The number of benzene rings is 1. The molecule has 18 heavy (non-hydrogen) atoms. The number of aromatic nitrogens is 2. The molecule has 0 aliphatic rings. The van der Waals surface area contributed by atoms with Crippen LogP contribution in [0.4, 0.5) is 10.8 Å². The zero-order chi connectivity index (χ0) is 13.0. The maximum atomic E-state index is 10.5. The summed E-state index contributed by atoms with van der Waals surface area (Å²) in [5, 5.41) is 23.2. The fourth-order valence-electron chi connectivity index (χ4n) is 1.47. The summed E-state index contributed by atoms with van der Waals surface area (Å²) in [6, 6.07) is 6.57. The monoisotopic (exact) mass is 264 g/mol. The molecule has 0 unspecified atom stereocenters. The van der Waals surface area contributed by atoms with E-state index in [4.69, 9.17) is 0 Å². The Bertz CT molecular complexity index is 538. The highest BCUT2D eigenvalue weighted by Crippen LogP contribution is 2.15. The van der Waals surface area contributed by atoms with Gasteiger partial charge in [0, 0.05) is 18.7 Å². The number of hydrogen-bond donors (Lipinski definition) is 1. The highest BCUT2D eigenvalue weighted by atomic mass is 32.1. The number of nitro groups is 1. The van der Waals surface area contributed by atoms with Gasteiger partial charge in [0.2, 0.25) is 5.13 Å². The van der Waals surface area contributed by atoms with E-state index < -0.39 is 4.92 Å². The normalized spacial score (nSPS) is 10.3. The van der Waals surface area contributed by atoms with Gasteiger partial charge >= 0.3 is 0 Å². The third kappa shape index (κ3) is 3.24. The summed E-state index contributed by atoms with van der Waals surface area (Å²) in [7, 11) is 0. The van der Waals surface area contributed by atoms with Gasteiger partial charge in [0.05, 0.1) is 4.92 Å². The number of nitro benzene ring substituents is 1. The highest BCUT2D eigenvalue weighted by Gasteiger charge is 2.04. The predicted octanol–water partition coefficient (Wildman–Crippen LogP) is 2.41. The van der Waals surface area contributed by atoms with Crippen molar-refractivity contribution in [1.82, 2.24) is 10.2 Å². The van der Waals surface area contributed by atoms with Crippen LogP contribution in [0.5, 0.6) is 0 Å². The van der Waals surface area contributed by atoms with Crippen LogP contribution >= 0.6 is 11.3 Å². The third-order valence-electron chi connectivity index (χ3n) is 2.36. The Morgan fingerprint density at radius 2 is 2.06 bits per heavy atom. The van der Waals surface area contributed by atoms with Crippen LogP contribution in [-0.4, -0.2) is 21.7 Å². The first-order valence-corrected chi connectivity index (χ1v) is 6.24. The first kappa shape index (κ1) is 12.4. The van der Waals surface area contributed by atoms with Crippen LogP contribution in [0.1, 0.15) is 10.6 Å². The molecule has 0 fully saturated rings. The van der Waals surface area contributed by atoms with E-state index >= 15 is 0 Å². The molecule has 0 bridgehead atoms. The average molecular weight is 264 g/mol. The quantitative estimate of drug-likeness (QED) is 0.662. The summed E-state index contributed by atoms with van der Waals surface area (Å²) >= 11 is 1.51. The number of aryl methyl sites for hydroxylation is 1. The number of rotatable bonds is 5. The minimum atomic E-state index is -0.397. The van der Waals surface area contributed by atoms with Gasteiger partial charge in [-0.15, -0.1) is 10.2 Å². The van der Waals surface area contributed by atoms with Gasteiger partial charge in [-0.25, -0.2) is 0 Å². The van der Waals surface area contributed by atoms with Crippen LogP contribution in [-0.2, 0) is 6.42 Å². The van der Waals surface area contributed by atoms with Crippen molar-refractivity contribution in [3.8, 4) is 0 Å². The van der Waals surface area contributed by atoms with E-state index in [0.717, 1.165) is 28.7 Å². The maximum absolute atomic E-state index is 10.5. The molecule has 0 saturated carbocycles. The Kier molecular flexibility index (Phi) is 3.83. The van der Waals surface area contributed by atoms with Crippen LogP contribution in [0.15, 0.2) is 24.3 Å². The summed E-state index contributed by atoms with van der Waals surface area (Å²) in [6.07, 6.45) is 0.788. The van der Waals surface area contributed by atoms with E-state index in [0.29, 0.717) is 0 Å². The number of non-ortho nitro benzene ring substituents is 1. The lowest BCUT2D eigenvalue weighted by Crippen LogP contribution is -2.04. The molecule has 1 heterocycles. The molecule has 0 aliphatic heterocycles. The minimum Gasteiger partial charge on any atom is -0.360 e. The van der Waals surface area contributed by atoms with E-state index in [1.54, 1.807) is 12.1 Å². The molecule has 6 nitrogen and oxygen atoms in total. The standard InChI is InChI=1S/C11H12N4O2S/c1-8-13-14-11(18-8)12-7-6-9-2-4-10(5-3-9)15(16)17/h2-5H,6-7H2,1H3,(H,12,14). The predicted molar refractivity (Wildman–Crippen MR) is 69.9 cm³/mol. The topological polar surface area (TPSA) is 81.0 Å². The highest BCUT2D eigenvalue weighted by molar-refractivity contribution is 7.15. The molecular formula is C11H12N4O2S. The van der Waals surface area contributed by atoms with E-state index in [9.17, 15) is 10.1 Å². The van der Waals surface area contributed by atoms with E-state index in [-0.39, 0.29) is 5.69 Å². The van der Waals surface area contributed by atoms with Crippen molar-refractivity contribution in [3.05, 3.63) is 45.0 Å². The number of anilines is 1. The van der Waals surface area contributed by atoms with Gasteiger partial charge in [-0.1, -0.05) is 23.5 Å². The molecule has 2 rings (SSSR count). The summed E-state index contributed by atoms with van der Waals surface area (Å²) in [5.41, 5.74) is 1.17. The lowest BCUT2D eigenvalue weighted by molar-refractivity contribution is -0.384. The van der Waals surface area contributed by atoms with Crippen LogP contribution < -0.4 is 5.32 Å². The first-order valence-electron chi connectivity index (χ1n) is 5.42. The first-order chi connectivity index (χ1) is 8.65. The lowest BCUT2D eigenvalue weighted by Gasteiger charge is -2.02. The summed E-state index contributed by atoms with van der Waals surface area (Å²) in [6.45, 7) is 2.63. The molecule has 7 heteroatoms. The number of hydrogen-bond acceptors (Lipinski definition) is 6. The van der Waals surface area contributed by atoms with Crippen molar-refractivity contribution in [2.75, 3.05) is 11.9 Å². The van der Waals surface area contributed by atoms with Gasteiger partial charge in [0.1, 0.15) is 5.01 Å². The Balaban J connectivity index is 1.85. The molecule has 0 saturated heterocycles. The van der Waals surface area contributed by atoms with E-state index in [1.807, 2.05) is 6.92 Å². The second kappa shape index (κ2) is 5.54. The van der Waals surface area contributed by atoms with E-state index in [2.05, 4.69) is 15.5 Å². The summed E-state index contributed by atoms with van der Waals surface area (Å²) in [5.74, 6) is 0. The van der Waals surface area contributed by atoms with Gasteiger partial charge in [0.25, 0.3) is 5.69 Å². The zero-order valence-electron chi connectivity index (χ0n) is 9.79. The smallest absolute Gasteiger partial charge is 0.269 e. The maximum Gasteiger partial charge on any atom is 0.269 e. The van der Waals surface area contributed by atoms with Crippen molar-refractivity contribution in [1.29, 1.82) is 0 Å². The summed E-state index contributed by atoms with van der Waals surface area (Å²) in [4.78, 5) is 10.1. The molecule has 1 aromatic heterocycles. The Labute approximate surface area is 108 Å². The van der Waals surface area contributed by atoms with Gasteiger partial charge in [-0.3, -0.25) is 10.1 Å². The second-order valence-electron chi connectivity index (χ2n) is 3.73.